The van der Waals surface area contributed by atoms with Gasteiger partial charge in [-0.3, -0.25) is 5.84 Å². The van der Waals surface area contributed by atoms with Crippen LogP contribution in [0.15, 0.2) is 48.5 Å². The molecular formula is C14H17N2O2PS. The third-order valence-electron chi connectivity index (χ3n) is 2.78. The van der Waals surface area contributed by atoms with Crippen molar-refractivity contribution in [3.05, 3.63) is 59.7 Å². The summed E-state index contributed by atoms with van der Waals surface area (Å²) in [5.74, 6) is 6.89. The van der Waals surface area contributed by atoms with Crippen LogP contribution >= 0.6 is 6.64 Å². The van der Waals surface area contributed by atoms with Gasteiger partial charge < -0.3 is 9.05 Å². The first-order chi connectivity index (χ1) is 9.54. The molecule has 0 radical (unpaired) electrons. The fraction of sp³-hybridized carbons (Fsp3) is 0.143. The van der Waals surface area contributed by atoms with Crippen molar-refractivity contribution in [2.45, 2.75) is 13.8 Å². The summed E-state index contributed by atoms with van der Waals surface area (Å²) in [6.07, 6.45) is 0. The van der Waals surface area contributed by atoms with Gasteiger partial charge in [-0.15, -0.1) is 0 Å². The summed E-state index contributed by atoms with van der Waals surface area (Å²) in [7, 11) is 0. The molecule has 0 aliphatic rings. The van der Waals surface area contributed by atoms with E-state index >= 15 is 0 Å². The molecular weight excluding hydrogens is 291 g/mol. The van der Waals surface area contributed by atoms with Crippen molar-refractivity contribution in [1.29, 1.82) is 0 Å². The van der Waals surface area contributed by atoms with Crippen LogP contribution in [0, 0.1) is 13.8 Å². The van der Waals surface area contributed by atoms with E-state index in [0.717, 1.165) is 11.1 Å². The summed E-state index contributed by atoms with van der Waals surface area (Å²) in [6, 6.07) is 15.2. The number of para-hydroxylation sites is 2. The third kappa shape index (κ3) is 3.58. The van der Waals surface area contributed by atoms with Crippen LogP contribution in [0.4, 0.5) is 0 Å². The lowest BCUT2D eigenvalue weighted by atomic mass is 10.2. The van der Waals surface area contributed by atoms with Crippen LogP contribution in [0.2, 0.25) is 0 Å². The Morgan fingerprint density at radius 1 is 0.900 bits per heavy atom. The Hall–Kier alpha value is -1.39. The molecule has 0 saturated carbocycles. The van der Waals surface area contributed by atoms with Crippen LogP contribution < -0.4 is 20.1 Å². The molecule has 2 rings (SSSR count). The van der Waals surface area contributed by atoms with Crippen molar-refractivity contribution in [2.24, 2.45) is 5.84 Å². The van der Waals surface area contributed by atoms with E-state index in [9.17, 15) is 0 Å². The fourth-order valence-electron chi connectivity index (χ4n) is 1.65. The Morgan fingerprint density at radius 3 is 1.65 bits per heavy atom. The molecule has 0 bridgehead atoms. The van der Waals surface area contributed by atoms with Crippen molar-refractivity contribution in [1.82, 2.24) is 5.20 Å². The number of hydrogen-bond acceptors (Lipinski definition) is 4. The van der Waals surface area contributed by atoms with Crippen LogP contribution in [0.5, 0.6) is 11.5 Å². The number of benzene rings is 2. The number of hydrazine groups is 1. The van der Waals surface area contributed by atoms with Crippen LogP contribution in [0.1, 0.15) is 11.1 Å². The molecule has 4 nitrogen and oxygen atoms in total. The van der Waals surface area contributed by atoms with E-state index in [2.05, 4.69) is 5.20 Å². The van der Waals surface area contributed by atoms with Crippen LogP contribution in [0.25, 0.3) is 0 Å². The van der Waals surface area contributed by atoms with Gasteiger partial charge in [0.25, 0.3) is 0 Å². The first-order valence-electron chi connectivity index (χ1n) is 6.12. The predicted octanol–water partition coefficient (Wildman–Crippen LogP) is 3.45. The second-order valence-electron chi connectivity index (χ2n) is 4.34. The highest BCUT2D eigenvalue weighted by Crippen LogP contribution is 2.45. The van der Waals surface area contributed by atoms with Crippen LogP contribution in [-0.2, 0) is 11.8 Å². The highest BCUT2D eigenvalue weighted by atomic mass is 32.5. The van der Waals surface area contributed by atoms with Crippen molar-refractivity contribution in [3.8, 4) is 11.5 Å². The maximum absolute atomic E-state index is 5.81. The molecule has 0 heterocycles. The van der Waals surface area contributed by atoms with Crippen molar-refractivity contribution in [3.63, 3.8) is 0 Å². The molecule has 106 valence electrons. The van der Waals surface area contributed by atoms with E-state index in [-0.39, 0.29) is 0 Å². The normalized spacial score (nSPS) is 11.2. The van der Waals surface area contributed by atoms with Gasteiger partial charge in [-0.1, -0.05) is 36.4 Å². The average Bonchev–Trinajstić information content (AvgIpc) is 2.44. The van der Waals surface area contributed by atoms with Gasteiger partial charge in [-0.25, -0.2) is 0 Å². The predicted molar refractivity (Wildman–Crippen MR) is 85.2 cm³/mol. The molecule has 0 aliphatic carbocycles. The average molecular weight is 308 g/mol. The van der Waals surface area contributed by atoms with Crippen molar-refractivity contribution in [2.75, 3.05) is 0 Å². The molecule has 0 aliphatic heterocycles. The number of hydrogen-bond donors (Lipinski definition) is 2. The molecule has 0 aromatic heterocycles. The minimum absolute atomic E-state index is 0.669. The van der Waals surface area contributed by atoms with Crippen LogP contribution in [-0.4, -0.2) is 0 Å². The highest BCUT2D eigenvalue weighted by Gasteiger charge is 2.22. The second-order valence-corrected chi connectivity index (χ2v) is 7.40. The summed E-state index contributed by atoms with van der Waals surface area (Å²) in [4.78, 5) is 0. The molecule has 2 aromatic rings. The molecule has 0 spiro atoms. The highest BCUT2D eigenvalue weighted by molar-refractivity contribution is 8.09. The summed E-state index contributed by atoms with van der Waals surface area (Å²) in [6.45, 7) is 1.05. The maximum Gasteiger partial charge on any atom is 0.378 e. The molecule has 0 fully saturated rings. The van der Waals surface area contributed by atoms with Gasteiger partial charge in [0.1, 0.15) is 11.5 Å². The zero-order chi connectivity index (χ0) is 14.6. The topological polar surface area (TPSA) is 56.5 Å². The molecule has 0 atom stereocenters. The Morgan fingerprint density at radius 2 is 1.30 bits per heavy atom. The quantitative estimate of drug-likeness (QED) is 0.503. The summed E-state index contributed by atoms with van der Waals surface area (Å²) >= 11 is 5.42. The van der Waals surface area contributed by atoms with E-state index in [0.29, 0.717) is 11.5 Å². The van der Waals surface area contributed by atoms with E-state index in [1.807, 2.05) is 62.4 Å². The number of aryl methyl sites for hydroxylation is 2. The lowest BCUT2D eigenvalue weighted by Crippen LogP contribution is -2.24. The van der Waals surface area contributed by atoms with Crippen LogP contribution in [0.3, 0.4) is 0 Å². The van der Waals surface area contributed by atoms with Crippen molar-refractivity contribution < 1.29 is 9.05 Å². The van der Waals surface area contributed by atoms with E-state index in [1.165, 1.54) is 0 Å². The molecule has 2 aromatic carbocycles. The van der Waals surface area contributed by atoms with Gasteiger partial charge in [0.15, 0.2) is 0 Å². The minimum atomic E-state index is -2.84. The maximum atomic E-state index is 5.81. The first kappa shape index (κ1) is 15.0. The number of nitrogens with two attached hydrogens (primary N) is 1. The molecule has 6 heteroatoms. The molecule has 0 unspecified atom stereocenters. The molecule has 3 N–H and O–H groups in total. The first-order valence-corrected chi connectivity index (χ1v) is 8.76. The Bertz CT molecular complexity index is 597. The third-order valence-corrected chi connectivity index (χ3v) is 4.74. The van der Waals surface area contributed by atoms with Crippen molar-refractivity contribution >= 4 is 18.4 Å². The van der Waals surface area contributed by atoms with Gasteiger partial charge >= 0.3 is 6.64 Å². The second kappa shape index (κ2) is 6.37. The smallest absolute Gasteiger partial charge is 0.378 e. The number of nitrogens with one attached hydrogen (secondary N) is 1. The SMILES string of the molecule is Cc1ccccc1OP(=S)(NN)Oc1ccccc1C. The summed E-state index contributed by atoms with van der Waals surface area (Å²) < 4.78 is 11.6. The van der Waals surface area contributed by atoms with Gasteiger partial charge in [0, 0.05) is 11.8 Å². The van der Waals surface area contributed by atoms with Gasteiger partial charge in [0.2, 0.25) is 0 Å². The monoisotopic (exact) mass is 308 g/mol. The Kier molecular flexibility index (Phi) is 4.78. The zero-order valence-corrected chi connectivity index (χ0v) is 13.1. The number of rotatable bonds is 5. The van der Waals surface area contributed by atoms with Gasteiger partial charge in [-0.05, 0) is 37.1 Å². The lowest BCUT2D eigenvalue weighted by Gasteiger charge is -2.23. The van der Waals surface area contributed by atoms with Gasteiger partial charge in [0.05, 0.1) is 0 Å². The van der Waals surface area contributed by atoms with E-state index in [1.54, 1.807) is 0 Å². The largest absolute Gasteiger partial charge is 0.424 e. The minimum Gasteiger partial charge on any atom is -0.424 e. The summed E-state index contributed by atoms with van der Waals surface area (Å²) in [5.41, 5.74) is 1.95. The molecule has 0 amide bonds. The van der Waals surface area contributed by atoms with E-state index < -0.39 is 6.64 Å². The lowest BCUT2D eigenvalue weighted by molar-refractivity contribution is 0.468. The van der Waals surface area contributed by atoms with Gasteiger partial charge in [-0.2, -0.15) is 5.20 Å². The Labute approximate surface area is 124 Å². The standard InChI is InChI=1S/C14H17N2O2PS/c1-11-7-3-5-9-13(11)17-19(20,16-15)18-14-10-6-4-8-12(14)2/h3-10H,15H2,1-2H3,(H,16,20). The summed E-state index contributed by atoms with van der Waals surface area (Å²) in [5, 5.41) is 2.51. The molecule has 0 saturated heterocycles. The zero-order valence-electron chi connectivity index (χ0n) is 11.4. The molecule has 20 heavy (non-hydrogen) atoms. The van der Waals surface area contributed by atoms with E-state index in [4.69, 9.17) is 26.7 Å². The Balaban J connectivity index is 2.24. The fourth-order valence-corrected chi connectivity index (χ4v) is 3.20.